The molecule has 0 saturated heterocycles. The predicted octanol–water partition coefficient (Wildman–Crippen LogP) is 4.75. The van der Waals surface area contributed by atoms with E-state index < -0.39 is 30.7 Å². The minimum absolute atomic E-state index is 0.00803. The van der Waals surface area contributed by atoms with Gasteiger partial charge in [0.05, 0.1) is 5.56 Å². The standard InChI is InChI=1S/C20H25F3O5/c1-12(2)16-9-4-13(3)10-17(16)27-18(24)11-26-19(25)14-5-7-15(8-6-14)28-20(21,22)23/h5-8,12-13,16-17H,4,9-11H2,1-3H3/t13-,16-,17-/m1/s1. The highest BCUT2D eigenvalue weighted by Gasteiger charge is 2.33. The number of alkyl halides is 3. The molecule has 28 heavy (non-hydrogen) atoms. The van der Waals surface area contributed by atoms with Gasteiger partial charge in [0, 0.05) is 0 Å². The highest BCUT2D eigenvalue weighted by Crippen LogP contribution is 2.35. The average molecular weight is 402 g/mol. The molecule has 0 heterocycles. The molecule has 1 fully saturated rings. The van der Waals surface area contributed by atoms with Crippen molar-refractivity contribution in [3.8, 4) is 5.75 Å². The summed E-state index contributed by atoms with van der Waals surface area (Å²) < 4.78 is 50.6. The Kier molecular flexibility index (Phi) is 7.32. The number of carbonyl (C=O) groups excluding carboxylic acids is 2. The summed E-state index contributed by atoms with van der Waals surface area (Å²) in [5.74, 6) is -0.784. The van der Waals surface area contributed by atoms with Crippen LogP contribution >= 0.6 is 0 Å². The number of esters is 2. The van der Waals surface area contributed by atoms with Crippen LogP contribution in [0.25, 0.3) is 0 Å². The van der Waals surface area contributed by atoms with Crippen molar-refractivity contribution in [1.29, 1.82) is 0 Å². The molecule has 1 aromatic rings. The second kappa shape index (κ2) is 9.30. The van der Waals surface area contributed by atoms with Crippen molar-refractivity contribution in [2.45, 2.75) is 52.5 Å². The lowest BCUT2D eigenvalue weighted by molar-refractivity contribution is -0.274. The summed E-state index contributed by atoms with van der Waals surface area (Å²) in [6, 6.07) is 4.26. The van der Waals surface area contributed by atoms with Crippen LogP contribution in [-0.4, -0.2) is 31.0 Å². The first-order valence-electron chi connectivity index (χ1n) is 9.27. The van der Waals surface area contributed by atoms with E-state index in [1.54, 1.807) is 0 Å². The molecular weight excluding hydrogens is 377 g/mol. The van der Waals surface area contributed by atoms with Crippen molar-refractivity contribution >= 4 is 11.9 Å². The van der Waals surface area contributed by atoms with Crippen molar-refractivity contribution in [2.75, 3.05) is 6.61 Å². The van der Waals surface area contributed by atoms with Gasteiger partial charge in [0.1, 0.15) is 11.9 Å². The molecule has 1 aliphatic rings. The fourth-order valence-corrected chi connectivity index (χ4v) is 3.45. The first-order chi connectivity index (χ1) is 13.0. The minimum atomic E-state index is -4.81. The Hall–Kier alpha value is -2.25. The van der Waals surface area contributed by atoms with Crippen LogP contribution in [0.1, 0.15) is 50.4 Å². The number of hydrogen-bond acceptors (Lipinski definition) is 5. The molecule has 0 aromatic heterocycles. The fourth-order valence-electron chi connectivity index (χ4n) is 3.45. The lowest BCUT2D eigenvalue weighted by Gasteiger charge is -2.36. The Balaban J connectivity index is 1.85. The second-order valence-corrected chi connectivity index (χ2v) is 7.50. The molecule has 0 radical (unpaired) electrons. The van der Waals surface area contributed by atoms with Crippen LogP contribution in [-0.2, 0) is 14.3 Å². The van der Waals surface area contributed by atoms with E-state index in [2.05, 4.69) is 25.5 Å². The summed E-state index contributed by atoms with van der Waals surface area (Å²) in [4.78, 5) is 24.1. The van der Waals surface area contributed by atoms with Gasteiger partial charge in [-0.15, -0.1) is 13.2 Å². The number of ether oxygens (including phenoxy) is 3. The maximum Gasteiger partial charge on any atom is 0.573 e. The zero-order valence-corrected chi connectivity index (χ0v) is 16.1. The molecule has 0 aliphatic heterocycles. The Morgan fingerprint density at radius 1 is 1.14 bits per heavy atom. The van der Waals surface area contributed by atoms with Crippen LogP contribution in [0.5, 0.6) is 5.75 Å². The number of hydrogen-bond donors (Lipinski definition) is 0. The first-order valence-corrected chi connectivity index (χ1v) is 9.27. The van der Waals surface area contributed by atoms with E-state index in [0.717, 1.165) is 43.5 Å². The molecule has 0 bridgehead atoms. The van der Waals surface area contributed by atoms with Gasteiger partial charge in [-0.2, -0.15) is 0 Å². The summed E-state index contributed by atoms with van der Waals surface area (Å²) in [5.41, 5.74) is 0.00803. The predicted molar refractivity (Wildman–Crippen MR) is 94.6 cm³/mol. The molecule has 0 amide bonds. The molecule has 1 aliphatic carbocycles. The third-order valence-corrected chi connectivity index (χ3v) is 4.89. The van der Waals surface area contributed by atoms with E-state index in [0.29, 0.717) is 11.8 Å². The summed E-state index contributed by atoms with van der Waals surface area (Å²) in [5, 5.41) is 0. The first kappa shape index (κ1) is 22.0. The molecule has 3 atom stereocenters. The van der Waals surface area contributed by atoms with E-state index in [1.807, 2.05) is 0 Å². The molecule has 8 heteroatoms. The van der Waals surface area contributed by atoms with Gasteiger partial charge in [-0.1, -0.05) is 27.2 Å². The lowest BCUT2D eigenvalue weighted by Crippen LogP contribution is -2.36. The summed E-state index contributed by atoms with van der Waals surface area (Å²) >= 11 is 0. The van der Waals surface area contributed by atoms with E-state index in [-0.39, 0.29) is 17.6 Å². The Morgan fingerprint density at radius 2 is 1.79 bits per heavy atom. The molecule has 0 N–H and O–H groups in total. The Bertz CT molecular complexity index is 669. The van der Waals surface area contributed by atoms with E-state index in [1.165, 1.54) is 0 Å². The van der Waals surface area contributed by atoms with Crippen molar-refractivity contribution in [3.63, 3.8) is 0 Å². The Morgan fingerprint density at radius 3 is 2.36 bits per heavy atom. The van der Waals surface area contributed by atoms with Crippen molar-refractivity contribution < 1.29 is 37.0 Å². The maximum atomic E-state index is 12.1. The average Bonchev–Trinajstić information content (AvgIpc) is 2.58. The third-order valence-electron chi connectivity index (χ3n) is 4.89. The SMILES string of the molecule is CC(C)[C@H]1CC[C@@H](C)C[C@H]1OC(=O)COC(=O)c1ccc(OC(F)(F)F)cc1. The van der Waals surface area contributed by atoms with Crippen molar-refractivity contribution in [3.05, 3.63) is 29.8 Å². The van der Waals surface area contributed by atoms with Crippen molar-refractivity contribution in [2.24, 2.45) is 17.8 Å². The van der Waals surface area contributed by atoms with Gasteiger partial charge in [0.15, 0.2) is 6.61 Å². The number of carbonyl (C=O) groups is 2. The van der Waals surface area contributed by atoms with E-state index in [9.17, 15) is 22.8 Å². The fraction of sp³-hybridized carbons (Fsp3) is 0.600. The molecule has 5 nitrogen and oxygen atoms in total. The molecular formula is C20H25F3O5. The van der Waals surface area contributed by atoms with Crippen LogP contribution in [0.4, 0.5) is 13.2 Å². The highest BCUT2D eigenvalue weighted by molar-refractivity contribution is 5.90. The minimum Gasteiger partial charge on any atom is -0.460 e. The summed E-state index contributed by atoms with van der Waals surface area (Å²) in [6.07, 6.45) is -2.14. The third kappa shape index (κ3) is 6.73. The van der Waals surface area contributed by atoms with Crippen LogP contribution in [0.2, 0.25) is 0 Å². The van der Waals surface area contributed by atoms with Crippen LogP contribution < -0.4 is 4.74 Å². The Labute approximate surface area is 162 Å². The van der Waals surface area contributed by atoms with Gasteiger partial charge in [-0.3, -0.25) is 0 Å². The number of rotatable bonds is 6. The smallest absolute Gasteiger partial charge is 0.460 e. The second-order valence-electron chi connectivity index (χ2n) is 7.50. The maximum absolute atomic E-state index is 12.1. The highest BCUT2D eigenvalue weighted by atomic mass is 19.4. The van der Waals surface area contributed by atoms with Gasteiger partial charge >= 0.3 is 18.3 Å². The molecule has 156 valence electrons. The normalized spacial score (nSPS) is 22.6. The zero-order valence-electron chi connectivity index (χ0n) is 16.1. The largest absolute Gasteiger partial charge is 0.573 e. The lowest BCUT2D eigenvalue weighted by atomic mass is 9.75. The molecule has 1 saturated carbocycles. The zero-order chi connectivity index (χ0) is 20.9. The molecule has 0 spiro atoms. The van der Waals surface area contributed by atoms with Crippen LogP contribution in [0, 0.1) is 17.8 Å². The monoisotopic (exact) mass is 402 g/mol. The number of halogens is 3. The van der Waals surface area contributed by atoms with E-state index in [4.69, 9.17) is 9.47 Å². The van der Waals surface area contributed by atoms with Crippen molar-refractivity contribution in [1.82, 2.24) is 0 Å². The van der Waals surface area contributed by atoms with Gasteiger partial charge in [-0.05, 0) is 54.9 Å². The number of benzene rings is 1. The van der Waals surface area contributed by atoms with Gasteiger partial charge in [0.25, 0.3) is 0 Å². The van der Waals surface area contributed by atoms with E-state index >= 15 is 0 Å². The quantitative estimate of drug-likeness (QED) is 0.643. The van der Waals surface area contributed by atoms with Crippen LogP contribution in [0.15, 0.2) is 24.3 Å². The van der Waals surface area contributed by atoms with Gasteiger partial charge in [-0.25, -0.2) is 9.59 Å². The molecule has 2 rings (SSSR count). The molecule has 0 unspecified atom stereocenters. The summed E-state index contributed by atoms with van der Waals surface area (Å²) in [7, 11) is 0. The van der Waals surface area contributed by atoms with Gasteiger partial charge in [0.2, 0.25) is 0 Å². The van der Waals surface area contributed by atoms with Gasteiger partial charge < -0.3 is 14.2 Å². The molecule has 1 aromatic carbocycles. The van der Waals surface area contributed by atoms with Crippen LogP contribution in [0.3, 0.4) is 0 Å². The topological polar surface area (TPSA) is 61.8 Å². The summed E-state index contributed by atoms with van der Waals surface area (Å²) in [6.45, 7) is 5.75.